The highest BCUT2D eigenvalue weighted by Crippen LogP contribution is 2.33. The first-order chi connectivity index (χ1) is 10.1. The summed E-state index contributed by atoms with van der Waals surface area (Å²) in [7, 11) is 0. The first-order valence-corrected chi connectivity index (χ1v) is 7.76. The van der Waals surface area contributed by atoms with Gasteiger partial charge in [0.05, 0.1) is 6.61 Å². The molecule has 0 amide bonds. The Bertz CT molecular complexity index is 654. The van der Waals surface area contributed by atoms with E-state index in [9.17, 15) is 0 Å². The van der Waals surface area contributed by atoms with Crippen molar-refractivity contribution in [2.75, 3.05) is 6.61 Å². The van der Waals surface area contributed by atoms with Crippen molar-refractivity contribution >= 4 is 11.6 Å². The van der Waals surface area contributed by atoms with Crippen LogP contribution in [0.3, 0.4) is 0 Å². The van der Waals surface area contributed by atoms with Crippen LogP contribution >= 0.6 is 11.6 Å². The molecule has 2 nitrogen and oxygen atoms in total. The minimum Gasteiger partial charge on any atom is -0.493 e. The van der Waals surface area contributed by atoms with Gasteiger partial charge in [-0.3, -0.25) is 0 Å². The van der Waals surface area contributed by atoms with Gasteiger partial charge < -0.3 is 10.1 Å². The number of rotatable bonds is 4. The number of fused-ring (bicyclic) bond motifs is 1. The lowest BCUT2D eigenvalue weighted by Gasteiger charge is -2.18. The average molecular weight is 302 g/mol. The molecule has 0 aromatic heterocycles. The van der Waals surface area contributed by atoms with Crippen molar-refractivity contribution in [2.24, 2.45) is 0 Å². The number of benzene rings is 2. The van der Waals surface area contributed by atoms with Crippen LogP contribution in [0.15, 0.2) is 36.4 Å². The van der Waals surface area contributed by atoms with Gasteiger partial charge in [0.2, 0.25) is 0 Å². The summed E-state index contributed by atoms with van der Waals surface area (Å²) < 4.78 is 5.75. The van der Waals surface area contributed by atoms with E-state index in [2.05, 4.69) is 43.4 Å². The molecule has 0 saturated heterocycles. The third-order valence-electron chi connectivity index (χ3n) is 4.08. The predicted octanol–water partition coefficient (Wildman–Crippen LogP) is 4.43. The number of ether oxygens (including phenoxy) is 1. The molecule has 3 rings (SSSR count). The van der Waals surface area contributed by atoms with Gasteiger partial charge in [-0.25, -0.2) is 0 Å². The van der Waals surface area contributed by atoms with Crippen LogP contribution in [0.2, 0.25) is 5.02 Å². The van der Waals surface area contributed by atoms with E-state index in [1.165, 1.54) is 16.7 Å². The lowest BCUT2D eigenvalue weighted by Crippen LogP contribution is -2.19. The molecule has 0 fully saturated rings. The molecular weight excluding hydrogens is 282 g/mol. The second-order valence-corrected chi connectivity index (χ2v) is 6.05. The van der Waals surface area contributed by atoms with Crippen molar-refractivity contribution < 1.29 is 4.74 Å². The minimum atomic E-state index is 0.294. The van der Waals surface area contributed by atoms with Gasteiger partial charge in [0.15, 0.2) is 0 Å². The molecular formula is C18H20ClNO. The molecule has 0 spiro atoms. The zero-order valence-electron chi connectivity index (χ0n) is 12.4. The Labute approximate surface area is 131 Å². The lowest BCUT2D eigenvalue weighted by molar-refractivity contribution is 0.351. The van der Waals surface area contributed by atoms with Gasteiger partial charge in [0, 0.05) is 29.6 Å². The third kappa shape index (κ3) is 3.07. The van der Waals surface area contributed by atoms with Gasteiger partial charge in [0.1, 0.15) is 5.75 Å². The highest BCUT2D eigenvalue weighted by atomic mass is 35.5. The Balaban J connectivity index is 1.75. The molecule has 0 saturated carbocycles. The van der Waals surface area contributed by atoms with Crippen LogP contribution in [0.4, 0.5) is 0 Å². The smallest absolute Gasteiger partial charge is 0.127 e. The van der Waals surface area contributed by atoms with Gasteiger partial charge in [-0.1, -0.05) is 35.9 Å². The molecule has 2 aromatic carbocycles. The number of hydrogen-bond acceptors (Lipinski definition) is 2. The molecule has 0 radical (unpaired) electrons. The average Bonchev–Trinajstić information content (AvgIpc) is 2.93. The summed E-state index contributed by atoms with van der Waals surface area (Å²) in [4.78, 5) is 0. The number of aryl methyl sites for hydroxylation is 1. The molecule has 21 heavy (non-hydrogen) atoms. The van der Waals surface area contributed by atoms with Crippen molar-refractivity contribution in [3.05, 3.63) is 63.7 Å². The quantitative estimate of drug-likeness (QED) is 0.902. The van der Waals surface area contributed by atoms with Gasteiger partial charge in [-0.2, -0.15) is 0 Å². The first-order valence-electron chi connectivity index (χ1n) is 7.38. The fourth-order valence-electron chi connectivity index (χ4n) is 2.92. The van der Waals surface area contributed by atoms with Crippen LogP contribution in [-0.4, -0.2) is 6.61 Å². The number of hydrogen-bond donors (Lipinski definition) is 1. The summed E-state index contributed by atoms with van der Waals surface area (Å²) in [6, 6.07) is 12.8. The van der Waals surface area contributed by atoms with E-state index < -0.39 is 0 Å². The molecule has 3 heteroatoms. The maximum Gasteiger partial charge on any atom is 0.127 e. The fraction of sp³-hybridized carbons (Fsp3) is 0.333. The van der Waals surface area contributed by atoms with Crippen molar-refractivity contribution in [3.8, 4) is 5.75 Å². The molecule has 1 N–H and O–H groups in total. The van der Waals surface area contributed by atoms with E-state index in [0.29, 0.717) is 6.04 Å². The monoisotopic (exact) mass is 301 g/mol. The summed E-state index contributed by atoms with van der Waals surface area (Å²) >= 11 is 6.20. The van der Waals surface area contributed by atoms with Crippen molar-refractivity contribution in [2.45, 2.75) is 32.9 Å². The summed E-state index contributed by atoms with van der Waals surface area (Å²) in [6.45, 7) is 5.86. The molecule has 0 aliphatic carbocycles. The standard InChI is InChI=1S/C18H20ClNO/c1-12-5-3-4-6-17(12)13(2)20-11-15-10-16(19)9-14-7-8-21-18(14)15/h3-6,9-10,13,20H,7-8,11H2,1-2H3/t13-/m0/s1. The topological polar surface area (TPSA) is 21.3 Å². The minimum absolute atomic E-state index is 0.294. The van der Waals surface area contributed by atoms with E-state index in [1.54, 1.807) is 0 Å². The SMILES string of the molecule is Cc1ccccc1[C@H](C)NCc1cc(Cl)cc2c1OCC2. The maximum absolute atomic E-state index is 6.20. The Morgan fingerprint density at radius 3 is 2.90 bits per heavy atom. The van der Waals surface area contributed by atoms with Crippen LogP contribution < -0.4 is 10.1 Å². The van der Waals surface area contributed by atoms with Crippen LogP contribution in [0.5, 0.6) is 5.75 Å². The van der Waals surface area contributed by atoms with Gasteiger partial charge in [-0.15, -0.1) is 0 Å². The zero-order chi connectivity index (χ0) is 14.8. The molecule has 110 valence electrons. The number of halogens is 1. The second-order valence-electron chi connectivity index (χ2n) is 5.61. The molecule has 2 aromatic rings. The maximum atomic E-state index is 6.20. The van der Waals surface area contributed by atoms with E-state index in [4.69, 9.17) is 16.3 Å². The Hall–Kier alpha value is -1.51. The molecule has 0 unspecified atom stereocenters. The largest absolute Gasteiger partial charge is 0.493 e. The Morgan fingerprint density at radius 2 is 2.10 bits per heavy atom. The van der Waals surface area contributed by atoms with Crippen molar-refractivity contribution in [1.29, 1.82) is 0 Å². The van der Waals surface area contributed by atoms with Crippen LogP contribution in [-0.2, 0) is 13.0 Å². The van der Waals surface area contributed by atoms with Crippen LogP contribution in [0.25, 0.3) is 0 Å². The van der Waals surface area contributed by atoms with E-state index in [0.717, 1.165) is 35.9 Å². The van der Waals surface area contributed by atoms with Gasteiger partial charge in [-0.05, 0) is 42.7 Å². The Kier molecular flexibility index (Phi) is 4.18. The molecule has 0 bridgehead atoms. The summed E-state index contributed by atoms with van der Waals surface area (Å²) in [5, 5.41) is 4.37. The van der Waals surface area contributed by atoms with Crippen molar-refractivity contribution in [3.63, 3.8) is 0 Å². The molecule has 1 heterocycles. The highest BCUT2D eigenvalue weighted by Gasteiger charge is 2.18. The summed E-state index contributed by atoms with van der Waals surface area (Å²) in [6.07, 6.45) is 0.955. The van der Waals surface area contributed by atoms with Crippen molar-refractivity contribution in [1.82, 2.24) is 5.32 Å². The highest BCUT2D eigenvalue weighted by molar-refractivity contribution is 6.30. The van der Waals surface area contributed by atoms with E-state index in [1.807, 2.05) is 12.1 Å². The fourth-order valence-corrected chi connectivity index (χ4v) is 3.19. The zero-order valence-corrected chi connectivity index (χ0v) is 13.2. The second kappa shape index (κ2) is 6.08. The summed E-state index contributed by atoms with van der Waals surface area (Å²) in [5.41, 5.74) is 5.01. The van der Waals surface area contributed by atoms with Gasteiger partial charge in [0.25, 0.3) is 0 Å². The molecule has 1 aliphatic heterocycles. The normalized spacial score (nSPS) is 14.6. The van der Waals surface area contributed by atoms with Crippen LogP contribution in [0, 0.1) is 6.92 Å². The third-order valence-corrected chi connectivity index (χ3v) is 4.30. The van der Waals surface area contributed by atoms with Crippen LogP contribution in [0.1, 0.15) is 35.2 Å². The molecule has 1 atom stereocenters. The number of nitrogens with one attached hydrogen (secondary N) is 1. The summed E-state index contributed by atoms with van der Waals surface area (Å²) in [5.74, 6) is 1.02. The Morgan fingerprint density at radius 1 is 1.29 bits per heavy atom. The lowest BCUT2D eigenvalue weighted by atomic mass is 10.0. The molecule has 1 aliphatic rings. The van der Waals surface area contributed by atoms with E-state index in [-0.39, 0.29) is 0 Å². The predicted molar refractivity (Wildman–Crippen MR) is 87.1 cm³/mol. The van der Waals surface area contributed by atoms with E-state index >= 15 is 0 Å². The first kappa shape index (κ1) is 14.4. The van der Waals surface area contributed by atoms with Gasteiger partial charge >= 0.3 is 0 Å².